The van der Waals surface area contributed by atoms with Crippen LogP contribution in [0.4, 0.5) is 4.39 Å². The summed E-state index contributed by atoms with van der Waals surface area (Å²) in [6, 6.07) is 0. The van der Waals surface area contributed by atoms with Crippen molar-refractivity contribution in [2.75, 3.05) is 0 Å². The highest BCUT2D eigenvalue weighted by Crippen LogP contribution is 2.65. The monoisotopic (exact) mass is 276 g/mol. The Labute approximate surface area is 123 Å². The van der Waals surface area contributed by atoms with Crippen LogP contribution in [-0.2, 0) is 0 Å². The summed E-state index contributed by atoms with van der Waals surface area (Å²) in [5.74, 6) is 2.27. The van der Waals surface area contributed by atoms with Crippen molar-refractivity contribution >= 4 is 0 Å². The van der Waals surface area contributed by atoms with Gasteiger partial charge in [-0.25, -0.2) is 4.39 Å². The highest BCUT2D eigenvalue weighted by atomic mass is 19.1. The number of fused-ring (bicyclic) bond motifs is 5. The fraction of sp³-hybridized carbons (Fsp3) is 0.895. The van der Waals surface area contributed by atoms with Gasteiger partial charge in [-0.3, -0.25) is 0 Å². The first-order valence-corrected chi connectivity index (χ1v) is 8.89. The summed E-state index contributed by atoms with van der Waals surface area (Å²) in [5.41, 5.74) is 1.95. The number of halogens is 1. The van der Waals surface area contributed by atoms with Crippen molar-refractivity contribution in [1.82, 2.24) is 0 Å². The minimum Gasteiger partial charge on any atom is -0.243 e. The second kappa shape index (κ2) is 4.34. The van der Waals surface area contributed by atoms with Gasteiger partial charge in [-0.1, -0.05) is 26.3 Å². The van der Waals surface area contributed by atoms with Gasteiger partial charge in [0.05, 0.1) is 0 Å². The van der Waals surface area contributed by atoms with E-state index in [0.29, 0.717) is 11.3 Å². The van der Waals surface area contributed by atoms with Crippen LogP contribution in [0.15, 0.2) is 11.6 Å². The Kier molecular flexibility index (Phi) is 2.89. The molecule has 1 unspecified atom stereocenters. The Balaban J connectivity index is 1.72. The molecule has 4 aliphatic rings. The molecular formula is C19H29F. The maximum atomic E-state index is 14.8. The van der Waals surface area contributed by atoms with Crippen LogP contribution in [0.5, 0.6) is 0 Å². The van der Waals surface area contributed by atoms with Crippen molar-refractivity contribution in [1.29, 1.82) is 0 Å². The molecule has 0 radical (unpaired) electrons. The van der Waals surface area contributed by atoms with Crippen molar-refractivity contribution in [2.24, 2.45) is 28.6 Å². The minimum absolute atomic E-state index is 0.199. The van der Waals surface area contributed by atoms with Gasteiger partial charge in [-0.15, -0.1) is 0 Å². The lowest BCUT2D eigenvalue weighted by Gasteiger charge is -2.58. The lowest BCUT2D eigenvalue weighted by atomic mass is 9.47. The maximum absolute atomic E-state index is 14.8. The molecule has 3 fully saturated rings. The summed E-state index contributed by atoms with van der Waals surface area (Å²) in [4.78, 5) is 0. The van der Waals surface area contributed by atoms with Gasteiger partial charge < -0.3 is 0 Å². The summed E-state index contributed by atoms with van der Waals surface area (Å²) in [5, 5.41) is 0. The van der Waals surface area contributed by atoms with Gasteiger partial charge in [0.2, 0.25) is 0 Å². The van der Waals surface area contributed by atoms with Crippen molar-refractivity contribution in [3.63, 3.8) is 0 Å². The van der Waals surface area contributed by atoms with E-state index in [9.17, 15) is 4.39 Å². The van der Waals surface area contributed by atoms with Crippen molar-refractivity contribution in [3.05, 3.63) is 11.6 Å². The Morgan fingerprint density at radius 1 is 1.05 bits per heavy atom. The molecule has 4 rings (SSSR count). The molecule has 0 bridgehead atoms. The quantitative estimate of drug-likeness (QED) is 0.499. The first-order valence-electron chi connectivity index (χ1n) is 8.89. The van der Waals surface area contributed by atoms with E-state index < -0.39 is 6.17 Å². The van der Waals surface area contributed by atoms with Gasteiger partial charge >= 0.3 is 0 Å². The zero-order valence-corrected chi connectivity index (χ0v) is 13.1. The molecule has 0 aliphatic heterocycles. The van der Waals surface area contributed by atoms with E-state index in [4.69, 9.17) is 0 Å². The molecule has 0 heterocycles. The molecule has 3 saturated carbocycles. The number of allylic oxidation sites excluding steroid dienone is 2. The van der Waals surface area contributed by atoms with Gasteiger partial charge in [0, 0.05) is 0 Å². The largest absolute Gasteiger partial charge is 0.243 e. The predicted octanol–water partition coefficient (Wildman–Crippen LogP) is 5.68. The molecule has 1 heteroatoms. The molecule has 0 aromatic heterocycles. The Morgan fingerprint density at radius 3 is 2.75 bits per heavy atom. The summed E-state index contributed by atoms with van der Waals surface area (Å²) in [7, 11) is 0. The zero-order chi connectivity index (χ0) is 14.0. The van der Waals surface area contributed by atoms with E-state index in [1.54, 1.807) is 0 Å². The van der Waals surface area contributed by atoms with Crippen LogP contribution in [0.2, 0.25) is 0 Å². The number of alkyl halides is 1. The third-order valence-corrected chi connectivity index (χ3v) is 7.78. The molecule has 0 aromatic rings. The molecule has 0 saturated heterocycles. The molecule has 6 atom stereocenters. The van der Waals surface area contributed by atoms with Gasteiger partial charge in [0.25, 0.3) is 0 Å². The van der Waals surface area contributed by atoms with Crippen LogP contribution in [0.3, 0.4) is 0 Å². The summed E-state index contributed by atoms with van der Waals surface area (Å²) < 4.78 is 14.8. The maximum Gasteiger partial charge on any atom is 0.122 e. The van der Waals surface area contributed by atoms with Gasteiger partial charge in [-0.2, -0.15) is 0 Å². The lowest BCUT2D eigenvalue weighted by Crippen LogP contribution is -2.51. The van der Waals surface area contributed by atoms with Crippen LogP contribution < -0.4 is 0 Å². The fourth-order valence-electron chi connectivity index (χ4n) is 6.76. The number of hydrogen-bond acceptors (Lipinski definition) is 0. The highest BCUT2D eigenvalue weighted by Gasteiger charge is 2.57. The molecule has 112 valence electrons. The normalized spacial score (nSPS) is 54.6. The van der Waals surface area contributed by atoms with E-state index in [2.05, 4.69) is 19.9 Å². The molecule has 0 aromatic carbocycles. The topological polar surface area (TPSA) is 0 Å². The van der Waals surface area contributed by atoms with Crippen molar-refractivity contribution < 1.29 is 4.39 Å². The molecule has 0 amide bonds. The zero-order valence-electron chi connectivity index (χ0n) is 13.1. The van der Waals surface area contributed by atoms with Crippen LogP contribution in [-0.4, -0.2) is 6.17 Å². The number of rotatable bonds is 0. The third-order valence-electron chi connectivity index (χ3n) is 7.78. The lowest BCUT2D eigenvalue weighted by molar-refractivity contribution is -0.0540. The van der Waals surface area contributed by atoms with Crippen LogP contribution in [0, 0.1) is 28.6 Å². The molecule has 0 spiro atoms. The fourth-order valence-corrected chi connectivity index (χ4v) is 6.76. The minimum atomic E-state index is -0.635. The van der Waals surface area contributed by atoms with Crippen molar-refractivity contribution in [2.45, 2.75) is 77.8 Å². The highest BCUT2D eigenvalue weighted by molar-refractivity contribution is 5.27. The van der Waals surface area contributed by atoms with Gasteiger partial charge in [0.1, 0.15) is 6.17 Å². The standard InChI is InChI=1S/C19H29F/c1-18-9-5-7-14(18)13-12-17(20)16-6-3-4-10-19(16,2)15(13)8-11-18/h6,13-15,17H,3-5,7-12H2,1-2H3/t13-,14-,15-,17?,18-,19+/m0/s1. The molecule has 0 nitrogen and oxygen atoms in total. The summed E-state index contributed by atoms with van der Waals surface area (Å²) in [6.07, 6.45) is 13.0. The summed E-state index contributed by atoms with van der Waals surface area (Å²) in [6.45, 7) is 4.90. The molecule has 0 N–H and O–H groups in total. The first-order chi connectivity index (χ1) is 9.55. The van der Waals surface area contributed by atoms with Crippen LogP contribution >= 0.6 is 0 Å². The van der Waals surface area contributed by atoms with E-state index in [1.165, 1.54) is 50.5 Å². The molecular weight excluding hydrogens is 247 g/mol. The average Bonchev–Trinajstić information content (AvgIpc) is 2.81. The molecule has 4 aliphatic carbocycles. The van der Waals surface area contributed by atoms with Gasteiger partial charge in [0.15, 0.2) is 0 Å². The predicted molar refractivity (Wildman–Crippen MR) is 81.2 cm³/mol. The Hall–Kier alpha value is -0.330. The van der Waals surface area contributed by atoms with E-state index in [0.717, 1.165) is 24.7 Å². The second-order valence-electron chi connectivity index (χ2n) is 8.63. The van der Waals surface area contributed by atoms with E-state index >= 15 is 0 Å². The average molecular weight is 276 g/mol. The molecule has 20 heavy (non-hydrogen) atoms. The third kappa shape index (κ3) is 1.64. The number of hydrogen-bond donors (Lipinski definition) is 0. The smallest absolute Gasteiger partial charge is 0.122 e. The second-order valence-corrected chi connectivity index (χ2v) is 8.63. The van der Waals surface area contributed by atoms with Crippen LogP contribution in [0.25, 0.3) is 0 Å². The van der Waals surface area contributed by atoms with Gasteiger partial charge in [-0.05, 0) is 85.5 Å². The first kappa shape index (κ1) is 13.3. The van der Waals surface area contributed by atoms with Crippen molar-refractivity contribution in [3.8, 4) is 0 Å². The van der Waals surface area contributed by atoms with E-state index in [1.807, 2.05) is 0 Å². The SMILES string of the molecule is C[C@@]12CCC[C@H]1[C@@H]1CC(F)C3=CCCC[C@]3(C)[C@H]1CC2. The Bertz CT molecular complexity index is 439. The van der Waals surface area contributed by atoms with Crippen LogP contribution in [0.1, 0.15) is 71.6 Å². The van der Waals surface area contributed by atoms with E-state index in [-0.39, 0.29) is 5.41 Å². The Morgan fingerprint density at radius 2 is 1.90 bits per heavy atom. The summed E-state index contributed by atoms with van der Waals surface area (Å²) >= 11 is 0.